The molecule has 0 radical (unpaired) electrons. The normalized spacial score (nSPS) is 25.3. The van der Waals surface area contributed by atoms with Gasteiger partial charge in [0.1, 0.15) is 5.82 Å². The van der Waals surface area contributed by atoms with Crippen LogP contribution >= 0.6 is 0 Å². The topological polar surface area (TPSA) is 12.0 Å². The number of hydrogen-bond donors (Lipinski definition) is 1. The van der Waals surface area contributed by atoms with Crippen molar-refractivity contribution in [2.75, 3.05) is 7.05 Å². The molecule has 1 saturated carbocycles. The fourth-order valence-corrected chi connectivity index (χ4v) is 3.55. The van der Waals surface area contributed by atoms with Gasteiger partial charge in [-0.15, -0.1) is 0 Å². The van der Waals surface area contributed by atoms with E-state index < -0.39 is 0 Å². The molecule has 1 N–H and O–H groups in total. The van der Waals surface area contributed by atoms with Crippen LogP contribution in [0.1, 0.15) is 56.2 Å². The Morgan fingerprint density at radius 3 is 2.42 bits per heavy atom. The first-order valence-electron chi connectivity index (χ1n) is 7.58. The Bertz CT molecular complexity index is 387. The molecule has 1 aliphatic rings. The van der Waals surface area contributed by atoms with E-state index in [4.69, 9.17) is 0 Å². The molecule has 19 heavy (non-hydrogen) atoms. The molecule has 1 aromatic rings. The summed E-state index contributed by atoms with van der Waals surface area (Å²) >= 11 is 0. The maximum absolute atomic E-state index is 13.6. The van der Waals surface area contributed by atoms with Crippen molar-refractivity contribution in [2.45, 2.75) is 52.0 Å². The van der Waals surface area contributed by atoms with Gasteiger partial charge in [-0.1, -0.05) is 32.3 Å². The van der Waals surface area contributed by atoms with E-state index in [2.05, 4.69) is 18.3 Å². The zero-order valence-electron chi connectivity index (χ0n) is 12.4. The first-order chi connectivity index (χ1) is 9.13. The highest BCUT2D eigenvalue weighted by atomic mass is 19.1. The molecule has 0 spiro atoms. The zero-order valence-corrected chi connectivity index (χ0v) is 12.4. The molecule has 0 heterocycles. The quantitative estimate of drug-likeness (QED) is 0.836. The van der Waals surface area contributed by atoms with Crippen LogP contribution in [0, 0.1) is 24.6 Å². The fourth-order valence-electron chi connectivity index (χ4n) is 3.55. The van der Waals surface area contributed by atoms with Gasteiger partial charge in [0.25, 0.3) is 0 Å². The molecule has 1 unspecified atom stereocenters. The van der Waals surface area contributed by atoms with Crippen molar-refractivity contribution in [3.05, 3.63) is 35.1 Å². The highest BCUT2D eigenvalue weighted by Gasteiger charge is 2.27. The van der Waals surface area contributed by atoms with E-state index in [9.17, 15) is 4.39 Å². The second-order valence-corrected chi connectivity index (χ2v) is 6.02. The van der Waals surface area contributed by atoms with Gasteiger partial charge in [0.05, 0.1) is 0 Å². The number of benzene rings is 1. The van der Waals surface area contributed by atoms with Gasteiger partial charge in [0.2, 0.25) is 0 Å². The van der Waals surface area contributed by atoms with E-state index in [1.54, 1.807) is 12.1 Å². The summed E-state index contributed by atoms with van der Waals surface area (Å²) < 4.78 is 13.6. The van der Waals surface area contributed by atoms with Crippen LogP contribution in [0.5, 0.6) is 0 Å². The van der Waals surface area contributed by atoms with Gasteiger partial charge in [0.15, 0.2) is 0 Å². The van der Waals surface area contributed by atoms with Gasteiger partial charge < -0.3 is 5.32 Å². The maximum Gasteiger partial charge on any atom is 0.123 e. The Kier molecular flexibility index (Phi) is 4.98. The second-order valence-electron chi connectivity index (χ2n) is 6.02. The Labute approximate surface area is 116 Å². The molecule has 0 aromatic heterocycles. The first-order valence-corrected chi connectivity index (χ1v) is 7.58. The Balaban J connectivity index is 2.11. The lowest BCUT2D eigenvalue weighted by molar-refractivity contribution is 0.224. The van der Waals surface area contributed by atoms with Crippen molar-refractivity contribution < 1.29 is 4.39 Å². The molecule has 0 amide bonds. The Hall–Kier alpha value is -0.890. The summed E-state index contributed by atoms with van der Waals surface area (Å²) in [6.45, 7) is 4.25. The van der Waals surface area contributed by atoms with Crippen molar-refractivity contribution in [1.82, 2.24) is 5.32 Å². The Morgan fingerprint density at radius 1 is 1.21 bits per heavy atom. The van der Waals surface area contributed by atoms with Crippen LogP contribution < -0.4 is 5.32 Å². The number of nitrogens with one attached hydrogen (secondary N) is 1. The smallest absolute Gasteiger partial charge is 0.123 e. The fraction of sp³-hybridized carbons (Fsp3) is 0.647. The highest BCUT2D eigenvalue weighted by Crippen LogP contribution is 2.38. The van der Waals surface area contributed by atoms with Gasteiger partial charge in [-0.3, -0.25) is 0 Å². The minimum absolute atomic E-state index is 0.113. The number of halogens is 1. The van der Waals surface area contributed by atoms with Gasteiger partial charge in [0, 0.05) is 6.04 Å². The maximum atomic E-state index is 13.6. The molecule has 1 nitrogen and oxygen atoms in total. The van der Waals surface area contributed by atoms with Gasteiger partial charge in [-0.2, -0.15) is 0 Å². The molecule has 2 heteroatoms. The molecule has 1 aliphatic carbocycles. The third kappa shape index (κ3) is 3.56. The van der Waals surface area contributed by atoms with Crippen LogP contribution in [0.2, 0.25) is 0 Å². The third-order valence-electron chi connectivity index (χ3n) is 4.67. The molecule has 1 aromatic carbocycles. The van der Waals surface area contributed by atoms with Crippen LogP contribution in [0.3, 0.4) is 0 Å². The summed E-state index contributed by atoms with van der Waals surface area (Å²) in [6.07, 6.45) is 6.48. The van der Waals surface area contributed by atoms with Crippen molar-refractivity contribution in [3.63, 3.8) is 0 Å². The van der Waals surface area contributed by atoms with Crippen LogP contribution in [-0.4, -0.2) is 7.05 Å². The largest absolute Gasteiger partial charge is 0.313 e. The number of hydrogen-bond acceptors (Lipinski definition) is 1. The standard InChI is InChI=1S/C17H26FN/c1-4-13-5-7-14(8-6-13)17(19-3)15-9-12(2)10-16(18)11-15/h9-11,13-14,17,19H,4-8H2,1-3H3. The molecule has 0 bridgehead atoms. The van der Waals surface area contributed by atoms with Crippen LogP contribution in [0.4, 0.5) is 4.39 Å². The summed E-state index contributed by atoms with van der Waals surface area (Å²) in [5.41, 5.74) is 2.12. The average Bonchev–Trinajstić information content (AvgIpc) is 2.39. The minimum Gasteiger partial charge on any atom is -0.313 e. The second kappa shape index (κ2) is 6.51. The summed E-state index contributed by atoms with van der Waals surface area (Å²) in [6, 6.07) is 5.72. The van der Waals surface area contributed by atoms with Crippen LogP contribution in [0.15, 0.2) is 18.2 Å². The van der Waals surface area contributed by atoms with Crippen LogP contribution in [-0.2, 0) is 0 Å². The van der Waals surface area contributed by atoms with Gasteiger partial charge >= 0.3 is 0 Å². The first kappa shape index (κ1) is 14.5. The lowest BCUT2D eigenvalue weighted by atomic mass is 9.76. The van der Waals surface area contributed by atoms with Crippen molar-refractivity contribution in [1.29, 1.82) is 0 Å². The lowest BCUT2D eigenvalue weighted by Crippen LogP contribution is -2.28. The molecule has 2 rings (SSSR count). The summed E-state index contributed by atoms with van der Waals surface area (Å²) in [4.78, 5) is 0. The SMILES string of the molecule is CCC1CCC(C(NC)c2cc(C)cc(F)c2)CC1. The average molecular weight is 263 g/mol. The molecule has 1 fully saturated rings. The van der Waals surface area contributed by atoms with E-state index >= 15 is 0 Å². The predicted octanol–water partition coefficient (Wildman–Crippen LogP) is 4.61. The van der Waals surface area contributed by atoms with Gasteiger partial charge in [-0.05, 0) is 61.9 Å². The van der Waals surface area contributed by atoms with E-state index in [1.807, 2.05) is 14.0 Å². The van der Waals surface area contributed by atoms with E-state index in [-0.39, 0.29) is 5.82 Å². The molecule has 1 atom stereocenters. The molecule has 0 aliphatic heterocycles. The monoisotopic (exact) mass is 263 g/mol. The predicted molar refractivity (Wildman–Crippen MR) is 78.7 cm³/mol. The third-order valence-corrected chi connectivity index (χ3v) is 4.67. The molecule has 106 valence electrons. The van der Waals surface area contributed by atoms with Crippen molar-refractivity contribution in [3.8, 4) is 0 Å². The zero-order chi connectivity index (χ0) is 13.8. The summed E-state index contributed by atoms with van der Waals surface area (Å²) in [5.74, 6) is 1.44. The Morgan fingerprint density at radius 2 is 1.89 bits per heavy atom. The van der Waals surface area contributed by atoms with E-state index in [0.29, 0.717) is 12.0 Å². The molecule has 0 saturated heterocycles. The number of rotatable bonds is 4. The van der Waals surface area contributed by atoms with E-state index in [0.717, 1.165) is 17.0 Å². The number of aryl methyl sites for hydroxylation is 1. The van der Waals surface area contributed by atoms with Crippen molar-refractivity contribution in [2.24, 2.45) is 11.8 Å². The van der Waals surface area contributed by atoms with E-state index in [1.165, 1.54) is 32.1 Å². The summed E-state index contributed by atoms with van der Waals surface area (Å²) in [7, 11) is 2.00. The summed E-state index contributed by atoms with van der Waals surface area (Å²) in [5, 5.41) is 3.41. The van der Waals surface area contributed by atoms with Crippen molar-refractivity contribution >= 4 is 0 Å². The molecular weight excluding hydrogens is 237 g/mol. The molecular formula is C17H26FN. The minimum atomic E-state index is -0.113. The highest BCUT2D eigenvalue weighted by molar-refractivity contribution is 5.27. The lowest BCUT2D eigenvalue weighted by Gasteiger charge is -2.34. The van der Waals surface area contributed by atoms with Gasteiger partial charge in [-0.25, -0.2) is 4.39 Å². The van der Waals surface area contributed by atoms with Crippen LogP contribution in [0.25, 0.3) is 0 Å².